The van der Waals surface area contributed by atoms with Gasteiger partial charge in [-0.2, -0.15) is 0 Å². The fourth-order valence-electron chi connectivity index (χ4n) is 1.60. The molecule has 2 heteroatoms. The van der Waals surface area contributed by atoms with E-state index >= 15 is 0 Å². The first-order valence-electron chi connectivity index (χ1n) is 4.28. The molecule has 2 nitrogen and oxygen atoms in total. The molecule has 0 saturated heterocycles. The first kappa shape index (κ1) is 7.62. The maximum absolute atomic E-state index is 5.57. The van der Waals surface area contributed by atoms with E-state index in [0.29, 0.717) is 12.6 Å². The van der Waals surface area contributed by atoms with Gasteiger partial charge in [-0.3, -0.25) is 0 Å². The van der Waals surface area contributed by atoms with Crippen molar-refractivity contribution in [3.63, 3.8) is 0 Å². The largest absolute Gasteiger partial charge is 0.490 e. The van der Waals surface area contributed by atoms with Gasteiger partial charge in [-0.25, -0.2) is 0 Å². The van der Waals surface area contributed by atoms with E-state index in [-0.39, 0.29) is 0 Å². The lowest BCUT2D eigenvalue weighted by atomic mass is 10.1. The van der Waals surface area contributed by atoms with E-state index in [1.165, 1.54) is 11.1 Å². The molecule has 64 valence electrons. The van der Waals surface area contributed by atoms with Crippen LogP contribution in [0.15, 0.2) is 18.2 Å². The Bertz CT molecular complexity index is 296. The zero-order valence-corrected chi connectivity index (χ0v) is 7.21. The summed E-state index contributed by atoms with van der Waals surface area (Å²) >= 11 is 0. The van der Waals surface area contributed by atoms with Gasteiger partial charge in [-0.15, -0.1) is 0 Å². The molecule has 0 fully saturated rings. The Morgan fingerprint density at radius 3 is 3.17 bits per heavy atom. The van der Waals surface area contributed by atoms with Gasteiger partial charge in [0, 0.05) is 13.0 Å². The van der Waals surface area contributed by atoms with Crippen molar-refractivity contribution in [1.29, 1.82) is 0 Å². The molecule has 1 aromatic rings. The first-order chi connectivity index (χ1) is 5.79. The molecule has 0 radical (unpaired) electrons. The Kier molecular flexibility index (Phi) is 1.77. The summed E-state index contributed by atoms with van der Waals surface area (Å²) in [6, 6.07) is 6.18. The third-order valence-electron chi connectivity index (χ3n) is 2.20. The van der Waals surface area contributed by atoms with Crippen molar-refractivity contribution >= 4 is 0 Å². The summed E-state index contributed by atoms with van der Waals surface area (Å²) in [5, 5.41) is 0. The van der Waals surface area contributed by atoms with E-state index in [4.69, 9.17) is 10.5 Å². The molecular formula is C10H13NO. The Morgan fingerprint density at radius 2 is 2.42 bits per heavy atom. The van der Waals surface area contributed by atoms with Crippen LogP contribution in [0.4, 0.5) is 0 Å². The Labute approximate surface area is 72.3 Å². The van der Waals surface area contributed by atoms with Crippen LogP contribution in [0.5, 0.6) is 5.75 Å². The minimum atomic E-state index is 0.327. The maximum Gasteiger partial charge on any atom is 0.123 e. The molecule has 1 aliphatic rings. The van der Waals surface area contributed by atoms with Crippen molar-refractivity contribution in [2.75, 3.05) is 0 Å². The monoisotopic (exact) mass is 163 g/mol. The van der Waals surface area contributed by atoms with Crippen molar-refractivity contribution in [3.8, 4) is 5.75 Å². The van der Waals surface area contributed by atoms with Crippen LogP contribution in [0.2, 0.25) is 0 Å². The standard InChI is InChI=1S/C10H13NO/c1-7-4-9-5-8(6-11)2-3-10(9)12-7/h2-3,5,7H,4,6,11H2,1H3. The molecule has 0 saturated carbocycles. The number of benzene rings is 1. The Balaban J connectivity index is 2.35. The quantitative estimate of drug-likeness (QED) is 0.680. The van der Waals surface area contributed by atoms with Gasteiger partial charge in [-0.05, 0) is 24.1 Å². The van der Waals surface area contributed by atoms with Crippen molar-refractivity contribution in [2.24, 2.45) is 5.73 Å². The van der Waals surface area contributed by atoms with Crippen LogP contribution in [0.3, 0.4) is 0 Å². The average molecular weight is 163 g/mol. The lowest BCUT2D eigenvalue weighted by Gasteiger charge is -2.02. The Morgan fingerprint density at radius 1 is 1.58 bits per heavy atom. The van der Waals surface area contributed by atoms with Gasteiger partial charge in [0.05, 0.1) is 0 Å². The molecule has 0 aliphatic carbocycles. The molecule has 2 N–H and O–H groups in total. The minimum absolute atomic E-state index is 0.327. The van der Waals surface area contributed by atoms with Crippen LogP contribution in [-0.2, 0) is 13.0 Å². The molecule has 0 aromatic heterocycles. The highest BCUT2D eigenvalue weighted by Gasteiger charge is 2.18. The van der Waals surface area contributed by atoms with Crippen LogP contribution >= 0.6 is 0 Å². The summed E-state index contributed by atoms with van der Waals surface area (Å²) < 4.78 is 5.57. The van der Waals surface area contributed by atoms with E-state index in [0.717, 1.165) is 12.2 Å². The summed E-state index contributed by atoms with van der Waals surface area (Å²) in [5.74, 6) is 1.03. The van der Waals surface area contributed by atoms with Crippen molar-refractivity contribution in [3.05, 3.63) is 29.3 Å². The highest BCUT2D eigenvalue weighted by Crippen LogP contribution is 2.29. The third kappa shape index (κ3) is 1.18. The van der Waals surface area contributed by atoms with Crippen LogP contribution in [0.1, 0.15) is 18.1 Å². The van der Waals surface area contributed by atoms with Gasteiger partial charge in [0.2, 0.25) is 0 Å². The number of fused-ring (bicyclic) bond motifs is 1. The van der Waals surface area contributed by atoms with Crippen molar-refractivity contribution < 1.29 is 4.74 Å². The zero-order valence-electron chi connectivity index (χ0n) is 7.21. The minimum Gasteiger partial charge on any atom is -0.490 e. The van der Waals surface area contributed by atoms with Gasteiger partial charge < -0.3 is 10.5 Å². The van der Waals surface area contributed by atoms with Gasteiger partial charge in [0.25, 0.3) is 0 Å². The molecule has 1 unspecified atom stereocenters. The molecule has 0 bridgehead atoms. The van der Waals surface area contributed by atoms with Gasteiger partial charge in [-0.1, -0.05) is 12.1 Å². The van der Waals surface area contributed by atoms with Crippen LogP contribution in [-0.4, -0.2) is 6.10 Å². The summed E-state index contributed by atoms with van der Waals surface area (Å²) in [6.07, 6.45) is 1.34. The molecule has 0 spiro atoms. The number of hydrogen-bond donors (Lipinski definition) is 1. The molecule has 1 atom stereocenters. The lowest BCUT2D eigenvalue weighted by molar-refractivity contribution is 0.254. The molecule has 1 aliphatic heterocycles. The van der Waals surface area contributed by atoms with E-state index < -0.39 is 0 Å². The fourth-order valence-corrected chi connectivity index (χ4v) is 1.60. The predicted molar refractivity (Wildman–Crippen MR) is 48.1 cm³/mol. The number of rotatable bonds is 1. The van der Waals surface area contributed by atoms with Crippen molar-refractivity contribution in [2.45, 2.75) is 26.0 Å². The molecule has 2 rings (SSSR count). The average Bonchev–Trinajstić information content (AvgIpc) is 2.43. The summed E-state index contributed by atoms with van der Waals surface area (Å²) in [4.78, 5) is 0. The number of hydrogen-bond acceptors (Lipinski definition) is 2. The summed E-state index contributed by atoms with van der Waals surface area (Å²) in [5.41, 5.74) is 8.02. The third-order valence-corrected chi connectivity index (χ3v) is 2.20. The van der Waals surface area contributed by atoms with Gasteiger partial charge >= 0.3 is 0 Å². The van der Waals surface area contributed by atoms with Gasteiger partial charge in [0.15, 0.2) is 0 Å². The zero-order chi connectivity index (χ0) is 8.55. The summed E-state index contributed by atoms with van der Waals surface area (Å²) in [6.45, 7) is 2.70. The predicted octanol–water partition coefficient (Wildman–Crippen LogP) is 1.47. The second-order valence-corrected chi connectivity index (χ2v) is 3.28. The second-order valence-electron chi connectivity index (χ2n) is 3.28. The topological polar surface area (TPSA) is 35.2 Å². The normalized spacial score (nSPS) is 20.3. The number of nitrogens with two attached hydrogens (primary N) is 1. The van der Waals surface area contributed by atoms with Crippen LogP contribution < -0.4 is 10.5 Å². The van der Waals surface area contributed by atoms with E-state index in [1.54, 1.807) is 0 Å². The highest BCUT2D eigenvalue weighted by molar-refractivity contribution is 5.40. The number of ether oxygens (including phenoxy) is 1. The molecule has 1 heterocycles. The SMILES string of the molecule is CC1Cc2cc(CN)ccc2O1. The fraction of sp³-hybridized carbons (Fsp3) is 0.400. The smallest absolute Gasteiger partial charge is 0.123 e. The molecule has 12 heavy (non-hydrogen) atoms. The van der Waals surface area contributed by atoms with Crippen LogP contribution in [0.25, 0.3) is 0 Å². The highest BCUT2D eigenvalue weighted by atomic mass is 16.5. The molecular weight excluding hydrogens is 150 g/mol. The van der Waals surface area contributed by atoms with E-state index in [9.17, 15) is 0 Å². The maximum atomic E-state index is 5.57. The first-order valence-corrected chi connectivity index (χ1v) is 4.28. The Hall–Kier alpha value is -1.02. The molecule has 0 amide bonds. The van der Waals surface area contributed by atoms with E-state index in [2.05, 4.69) is 13.0 Å². The van der Waals surface area contributed by atoms with Crippen molar-refractivity contribution in [1.82, 2.24) is 0 Å². The lowest BCUT2D eigenvalue weighted by Crippen LogP contribution is -2.05. The van der Waals surface area contributed by atoms with Gasteiger partial charge in [0.1, 0.15) is 11.9 Å². The van der Waals surface area contributed by atoms with E-state index in [1.807, 2.05) is 12.1 Å². The summed E-state index contributed by atoms with van der Waals surface area (Å²) in [7, 11) is 0. The van der Waals surface area contributed by atoms with Crippen LogP contribution in [0, 0.1) is 0 Å². The second kappa shape index (κ2) is 2.79. The molecule has 1 aromatic carbocycles.